The smallest absolute Gasteiger partial charge is 0.244 e. The fraction of sp³-hybridized carbons (Fsp3) is 0.452. The molecule has 0 atom stereocenters. The largest absolute Gasteiger partial charge is 0.465 e. The SMILES string of the molecule is CC1(C)CCC(C)(C)c2cc(-c3csc(C4CCN(C(=O)CNC(=O)C=Cc5ccco5)CC4)n3)ccc21. The van der Waals surface area contributed by atoms with Crippen molar-refractivity contribution in [2.45, 2.75) is 70.1 Å². The predicted molar refractivity (Wildman–Crippen MR) is 152 cm³/mol. The average molecular weight is 532 g/mol. The van der Waals surface area contributed by atoms with Crippen LogP contribution in [0, 0.1) is 0 Å². The minimum absolute atomic E-state index is 0.00111. The molecule has 200 valence electrons. The number of nitrogens with one attached hydrogen (secondary N) is 1. The summed E-state index contributed by atoms with van der Waals surface area (Å²) >= 11 is 1.73. The molecule has 1 fully saturated rings. The van der Waals surface area contributed by atoms with Crippen molar-refractivity contribution in [1.29, 1.82) is 0 Å². The second-order valence-electron chi connectivity index (χ2n) is 11.8. The molecule has 1 aliphatic heterocycles. The van der Waals surface area contributed by atoms with Crippen LogP contribution >= 0.6 is 11.3 Å². The van der Waals surface area contributed by atoms with Crippen LogP contribution in [-0.4, -0.2) is 41.3 Å². The Hall–Kier alpha value is -3.19. The first kappa shape index (κ1) is 26.4. The van der Waals surface area contributed by atoms with Crippen LogP contribution in [0.5, 0.6) is 0 Å². The maximum Gasteiger partial charge on any atom is 0.244 e. The van der Waals surface area contributed by atoms with Crippen molar-refractivity contribution in [3.63, 3.8) is 0 Å². The lowest BCUT2D eigenvalue weighted by molar-refractivity contribution is -0.133. The molecule has 1 aliphatic carbocycles. The van der Waals surface area contributed by atoms with Crippen LogP contribution in [0.4, 0.5) is 0 Å². The molecule has 6 nitrogen and oxygen atoms in total. The van der Waals surface area contributed by atoms with Gasteiger partial charge in [-0.3, -0.25) is 9.59 Å². The number of hydrogen-bond donors (Lipinski definition) is 1. The molecule has 2 amide bonds. The van der Waals surface area contributed by atoms with Gasteiger partial charge in [-0.15, -0.1) is 11.3 Å². The molecule has 3 aromatic rings. The van der Waals surface area contributed by atoms with Crippen LogP contribution in [0.1, 0.15) is 81.2 Å². The lowest BCUT2D eigenvalue weighted by atomic mass is 9.63. The first-order valence-electron chi connectivity index (χ1n) is 13.5. The van der Waals surface area contributed by atoms with Crippen LogP contribution in [0.15, 0.2) is 52.5 Å². The number of nitrogens with zero attached hydrogens (tertiary/aromatic N) is 2. The van der Waals surface area contributed by atoms with Gasteiger partial charge in [0.05, 0.1) is 23.5 Å². The fourth-order valence-electron chi connectivity index (χ4n) is 5.61. The fourth-order valence-corrected chi connectivity index (χ4v) is 6.61. The summed E-state index contributed by atoms with van der Waals surface area (Å²) in [5.41, 5.74) is 5.55. The van der Waals surface area contributed by atoms with Gasteiger partial charge in [-0.2, -0.15) is 0 Å². The molecule has 38 heavy (non-hydrogen) atoms. The van der Waals surface area contributed by atoms with Gasteiger partial charge < -0.3 is 14.6 Å². The Morgan fingerprint density at radius 2 is 1.84 bits per heavy atom. The Labute approximate surface area is 229 Å². The third-order valence-electron chi connectivity index (χ3n) is 8.22. The van der Waals surface area contributed by atoms with Crippen molar-refractivity contribution in [2.24, 2.45) is 0 Å². The standard InChI is InChI=1S/C31H37N3O3S/c1-30(2)13-14-31(3,4)25-18-22(7-9-24(25)30)26-20-38-29(33-26)21-11-15-34(16-12-21)28(36)19-32-27(35)10-8-23-6-5-17-37-23/h5-10,17-18,20-21H,11-16,19H2,1-4H3,(H,32,35). The number of thiazole rings is 1. The molecule has 3 heterocycles. The summed E-state index contributed by atoms with van der Waals surface area (Å²) in [5, 5.41) is 6.01. The van der Waals surface area contributed by atoms with E-state index in [-0.39, 0.29) is 29.2 Å². The number of piperidine rings is 1. The first-order chi connectivity index (χ1) is 18.1. The molecule has 1 aromatic carbocycles. The van der Waals surface area contributed by atoms with E-state index in [1.807, 2.05) is 4.90 Å². The number of carbonyl (C=O) groups excluding carboxylic acids is 2. The van der Waals surface area contributed by atoms with E-state index >= 15 is 0 Å². The summed E-state index contributed by atoms with van der Waals surface area (Å²) < 4.78 is 5.17. The average Bonchev–Trinajstić information content (AvgIpc) is 3.61. The summed E-state index contributed by atoms with van der Waals surface area (Å²) in [6.07, 6.45) is 8.69. The summed E-state index contributed by atoms with van der Waals surface area (Å²) in [6, 6.07) is 10.4. The third kappa shape index (κ3) is 5.63. The molecule has 2 aromatic heterocycles. The highest BCUT2D eigenvalue weighted by molar-refractivity contribution is 7.10. The van der Waals surface area contributed by atoms with E-state index < -0.39 is 0 Å². The van der Waals surface area contributed by atoms with Gasteiger partial charge in [-0.05, 0) is 71.9 Å². The lowest BCUT2D eigenvalue weighted by Gasteiger charge is -2.42. The molecule has 0 saturated carbocycles. The van der Waals surface area contributed by atoms with Gasteiger partial charge >= 0.3 is 0 Å². The van der Waals surface area contributed by atoms with Crippen LogP contribution in [0.2, 0.25) is 0 Å². The van der Waals surface area contributed by atoms with Gasteiger partial charge in [0.25, 0.3) is 0 Å². The quantitative estimate of drug-likeness (QED) is 0.380. The van der Waals surface area contributed by atoms with Crippen LogP contribution < -0.4 is 5.32 Å². The van der Waals surface area contributed by atoms with E-state index in [1.165, 1.54) is 35.6 Å². The van der Waals surface area contributed by atoms with Crippen molar-refractivity contribution in [3.8, 4) is 11.3 Å². The zero-order chi connectivity index (χ0) is 26.9. The lowest BCUT2D eigenvalue weighted by Crippen LogP contribution is -2.43. The maximum absolute atomic E-state index is 12.6. The second-order valence-corrected chi connectivity index (χ2v) is 12.7. The Kier molecular flexibility index (Phi) is 7.32. The number of furan rings is 1. The van der Waals surface area contributed by atoms with E-state index in [0.29, 0.717) is 24.8 Å². The number of likely N-dealkylation sites (tertiary alicyclic amines) is 1. The van der Waals surface area contributed by atoms with Gasteiger partial charge in [0, 0.05) is 36.0 Å². The van der Waals surface area contributed by atoms with Crippen LogP contribution in [0.25, 0.3) is 17.3 Å². The minimum Gasteiger partial charge on any atom is -0.465 e. The number of rotatable bonds is 6. The van der Waals surface area contributed by atoms with E-state index in [1.54, 1.807) is 35.8 Å². The number of hydrogen-bond acceptors (Lipinski definition) is 5. The Morgan fingerprint density at radius 1 is 1.11 bits per heavy atom. The number of fused-ring (bicyclic) bond motifs is 1. The number of aromatic nitrogens is 1. The highest BCUT2D eigenvalue weighted by Crippen LogP contribution is 2.47. The molecule has 2 aliphatic rings. The van der Waals surface area contributed by atoms with Gasteiger partial charge in [-0.1, -0.05) is 39.8 Å². The van der Waals surface area contributed by atoms with E-state index in [4.69, 9.17) is 9.40 Å². The Bertz CT molecular complexity index is 1330. The molecule has 0 unspecified atom stereocenters. The zero-order valence-corrected chi connectivity index (χ0v) is 23.6. The summed E-state index contributed by atoms with van der Waals surface area (Å²) in [5.74, 6) is 0.589. The topological polar surface area (TPSA) is 75.4 Å². The molecule has 0 bridgehead atoms. The van der Waals surface area contributed by atoms with Crippen molar-refractivity contribution < 1.29 is 14.0 Å². The molecule has 0 spiro atoms. The zero-order valence-electron chi connectivity index (χ0n) is 22.8. The van der Waals surface area contributed by atoms with Gasteiger partial charge in [-0.25, -0.2) is 4.98 Å². The van der Waals surface area contributed by atoms with Crippen molar-refractivity contribution in [1.82, 2.24) is 15.2 Å². The summed E-state index contributed by atoms with van der Waals surface area (Å²) in [7, 11) is 0. The molecular weight excluding hydrogens is 494 g/mol. The third-order valence-corrected chi connectivity index (χ3v) is 9.23. The number of benzene rings is 1. The van der Waals surface area contributed by atoms with Gasteiger partial charge in [0.1, 0.15) is 5.76 Å². The van der Waals surface area contributed by atoms with Gasteiger partial charge in [0.2, 0.25) is 11.8 Å². The summed E-state index contributed by atoms with van der Waals surface area (Å²) in [6.45, 7) is 10.8. The molecule has 1 N–H and O–H groups in total. The summed E-state index contributed by atoms with van der Waals surface area (Å²) in [4.78, 5) is 31.5. The van der Waals surface area contributed by atoms with Crippen molar-refractivity contribution in [2.75, 3.05) is 19.6 Å². The molecule has 1 saturated heterocycles. The van der Waals surface area contributed by atoms with Crippen LogP contribution in [0.3, 0.4) is 0 Å². The van der Waals surface area contributed by atoms with E-state index in [0.717, 1.165) is 23.5 Å². The molecule has 7 heteroatoms. The van der Waals surface area contributed by atoms with E-state index in [2.05, 4.69) is 56.6 Å². The predicted octanol–water partition coefficient (Wildman–Crippen LogP) is 6.29. The van der Waals surface area contributed by atoms with Crippen molar-refractivity contribution in [3.05, 3.63) is 69.9 Å². The normalized spacial score (nSPS) is 18.9. The minimum atomic E-state index is -0.311. The number of carbonyl (C=O) groups is 2. The van der Waals surface area contributed by atoms with E-state index in [9.17, 15) is 9.59 Å². The Morgan fingerprint density at radius 3 is 2.55 bits per heavy atom. The highest BCUT2D eigenvalue weighted by Gasteiger charge is 2.37. The highest BCUT2D eigenvalue weighted by atomic mass is 32.1. The first-order valence-corrected chi connectivity index (χ1v) is 14.4. The second kappa shape index (κ2) is 10.5. The number of amides is 2. The van der Waals surface area contributed by atoms with Crippen LogP contribution in [-0.2, 0) is 20.4 Å². The molecule has 5 rings (SSSR count). The van der Waals surface area contributed by atoms with Gasteiger partial charge in [0.15, 0.2) is 0 Å². The molecule has 0 radical (unpaired) electrons. The monoisotopic (exact) mass is 531 g/mol. The molecular formula is C31H37N3O3S. The van der Waals surface area contributed by atoms with Crippen molar-refractivity contribution >= 4 is 29.2 Å². The maximum atomic E-state index is 12.6. The Balaban J connectivity index is 1.17.